The molecule has 0 saturated heterocycles. The monoisotopic (exact) mass is 276 g/mol. The first-order chi connectivity index (χ1) is 8.20. The Morgan fingerprint density at radius 1 is 1.24 bits per heavy atom. The van der Waals surface area contributed by atoms with Gasteiger partial charge in [-0.3, -0.25) is 4.52 Å². The van der Waals surface area contributed by atoms with Gasteiger partial charge in [0.1, 0.15) is 11.4 Å². The van der Waals surface area contributed by atoms with Gasteiger partial charge in [0.05, 0.1) is 6.61 Å². The molecule has 0 aliphatic carbocycles. The van der Waals surface area contributed by atoms with Crippen molar-refractivity contribution < 1.29 is 13.6 Å². The Hall–Kier alpha value is -0.500. The zero-order valence-electron chi connectivity index (χ0n) is 9.97. The predicted molar refractivity (Wildman–Crippen MR) is 70.9 cm³/mol. The molecule has 0 spiro atoms. The molecule has 17 heavy (non-hydrogen) atoms. The van der Waals surface area contributed by atoms with Gasteiger partial charge < -0.3 is 4.52 Å². The van der Waals surface area contributed by atoms with E-state index in [4.69, 9.17) is 20.6 Å². The van der Waals surface area contributed by atoms with Crippen molar-refractivity contribution in [3.8, 4) is 5.75 Å². The molecule has 1 aromatic rings. The lowest BCUT2D eigenvalue weighted by molar-refractivity contribution is 0.262. The van der Waals surface area contributed by atoms with Crippen LogP contribution < -0.4 is 4.52 Å². The number of hydrogen-bond acceptors (Lipinski definition) is 3. The van der Waals surface area contributed by atoms with Crippen LogP contribution >= 0.6 is 19.2 Å². The largest absolute Gasteiger partial charge is 0.424 e. The predicted octanol–water partition coefficient (Wildman–Crippen LogP) is 4.66. The zero-order chi connectivity index (χ0) is 12.6. The summed E-state index contributed by atoms with van der Waals surface area (Å²) in [6.45, 7) is 2.52. The van der Waals surface area contributed by atoms with E-state index in [0.29, 0.717) is 12.4 Å². The molecule has 0 amide bonds. The van der Waals surface area contributed by atoms with Crippen LogP contribution in [0.15, 0.2) is 30.3 Å². The standard InChI is InChI=1S/C12H18ClO3P/c1-2-3-7-10-15-17(14,11-13)16-12-8-5-4-6-9-12/h4-6,8-9H,2-3,7,10-11H2,1H3. The van der Waals surface area contributed by atoms with Crippen LogP contribution in [0.4, 0.5) is 0 Å². The van der Waals surface area contributed by atoms with E-state index in [9.17, 15) is 4.57 Å². The minimum absolute atomic E-state index is 0.131. The van der Waals surface area contributed by atoms with E-state index in [1.165, 1.54) is 0 Å². The third kappa shape index (κ3) is 5.58. The molecule has 5 heteroatoms. The molecular formula is C12H18ClO3P. The van der Waals surface area contributed by atoms with Gasteiger partial charge in [0, 0.05) is 0 Å². The van der Waals surface area contributed by atoms with Crippen LogP contribution in [0.5, 0.6) is 5.75 Å². The van der Waals surface area contributed by atoms with Crippen LogP contribution in [-0.2, 0) is 9.09 Å². The lowest BCUT2D eigenvalue weighted by Gasteiger charge is -2.16. The van der Waals surface area contributed by atoms with Crippen molar-refractivity contribution in [3.05, 3.63) is 30.3 Å². The molecule has 3 nitrogen and oxygen atoms in total. The van der Waals surface area contributed by atoms with E-state index < -0.39 is 7.60 Å². The normalized spacial score (nSPS) is 14.2. The average molecular weight is 277 g/mol. The van der Waals surface area contributed by atoms with Gasteiger partial charge in [0.25, 0.3) is 0 Å². The Bertz CT molecular complexity index is 356. The summed E-state index contributed by atoms with van der Waals surface area (Å²) in [5.74, 6) is 0.520. The van der Waals surface area contributed by atoms with Crippen LogP contribution in [0.3, 0.4) is 0 Å². The van der Waals surface area contributed by atoms with Crippen molar-refractivity contribution in [1.82, 2.24) is 0 Å². The second-order valence-electron chi connectivity index (χ2n) is 3.68. The van der Waals surface area contributed by atoms with Crippen molar-refractivity contribution in [3.63, 3.8) is 0 Å². The van der Waals surface area contributed by atoms with Gasteiger partial charge in [-0.2, -0.15) is 0 Å². The number of benzene rings is 1. The molecule has 1 rings (SSSR count). The van der Waals surface area contributed by atoms with Crippen molar-refractivity contribution in [2.75, 3.05) is 12.2 Å². The number of halogens is 1. The van der Waals surface area contributed by atoms with Crippen LogP contribution in [-0.4, -0.2) is 12.2 Å². The maximum absolute atomic E-state index is 12.1. The SMILES string of the molecule is CCCCCOP(=O)(CCl)Oc1ccccc1. The number of para-hydroxylation sites is 1. The molecule has 0 N–H and O–H groups in total. The molecule has 0 aliphatic rings. The first kappa shape index (κ1) is 14.6. The Labute approximate surface area is 108 Å². The van der Waals surface area contributed by atoms with Gasteiger partial charge in [-0.1, -0.05) is 38.0 Å². The van der Waals surface area contributed by atoms with Gasteiger partial charge in [-0.25, -0.2) is 4.57 Å². The van der Waals surface area contributed by atoms with Crippen molar-refractivity contribution in [1.29, 1.82) is 0 Å². The second kappa shape index (κ2) is 7.75. The molecule has 0 fully saturated rings. The minimum Gasteiger partial charge on any atom is -0.424 e. The van der Waals surface area contributed by atoms with Gasteiger partial charge in [0.15, 0.2) is 0 Å². The minimum atomic E-state index is -3.20. The van der Waals surface area contributed by atoms with Crippen LogP contribution in [0.25, 0.3) is 0 Å². The Balaban J connectivity index is 2.48. The first-order valence-electron chi connectivity index (χ1n) is 5.74. The molecule has 1 unspecified atom stereocenters. The number of unbranched alkanes of at least 4 members (excludes halogenated alkanes) is 2. The summed E-state index contributed by atoms with van der Waals surface area (Å²) in [6, 6.07) is 8.94. The number of rotatable bonds is 8. The highest BCUT2D eigenvalue weighted by atomic mass is 35.5. The molecule has 0 bridgehead atoms. The van der Waals surface area contributed by atoms with Crippen molar-refractivity contribution in [2.45, 2.75) is 26.2 Å². The molecule has 0 radical (unpaired) electrons. The molecule has 0 heterocycles. The second-order valence-corrected chi connectivity index (χ2v) is 6.29. The molecule has 1 aromatic carbocycles. The molecule has 96 valence electrons. The number of hydrogen-bond donors (Lipinski definition) is 0. The van der Waals surface area contributed by atoms with Crippen molar-refractivity contribution in [2.24, 2.45) is 0 Å². The third-order valence-electron chi connectivity index (χ3n) is 2.17. The molecule has 1 atom stereocenters. The van der Waals surface area contributed by atoms with Gasteiger partial charge in [-0.05, 0) is 18.6 Å². The summed E-state index contributed by atoms with van der Waals surface area (Å²) in [6.07, 6.45) is 3.01. The summed E-state index contributed by atoms with van der Waals surface area (Å²) in [4.78, 5) is 0. The lowest BCUT2D eigenvalue weighted by Crippen LogP contribution is -2.01. The fourth-order valence-electron chi connectivity index (χ4n) is 1.28. The molecular weight excluding hydrogens is 259 g/mol. The highest BCUT2D eigenvalue weighted by molar-refractivity contribution is 7.56. The maximum atomic E-state index is 12.1. The van der Waals surface area contributed by atoms with E-state index in [1.54, 1.807) is 12.1 Å². The fraction of sp³-hybridized carbons (Fsp3) is 0.500. The topological polar surface area (TPSA) is 35.5 Å². The van der Waals surface area contributed by atoms with Gasteiger partial charge in [-0.15, -0.1) is 11.6 Å². The van der Waals surface area contributed by atoms with E-state index >= 15 is 0 Å². The summed E-state index contributed by atoms with van der Waals surface area (Å²) in [7, 11) is -3.20. The number of alkyl halides is 1. The Morgan fingerprint density at radius 2 is 1.94 bits per heavy atom. The molecule has 0 aliphatic heterocycles. The van der Waals surface area contributed by atoms with Gasteiger partial charge in [0.2, 0.25) is 0 Å². The van der Waals surface area contributed by atoms with E-state index in [-0.39, 0.29) is 5.62 Å². The molecule has 0 aromatic heterocycles. The highest BCUT2D eigenvalue weighted by Crippen LogP contribution is 2.49. The van der Waals surface area contributed by atoms with Crippen LogP contribution in [0.2, 0.25) is 0 Å². The fourth-order valence-corrected chi connectivity index (χ4v) is 2.66. The van der Waals surface area contributed by atoms with Gasteiger partial charge >= 0.3 is 7.60 Å². The van der Waals surface area contributed by atoms with Crippen LogP contribution in [0, 0.1) is 0 Å². The first-order valence-corrected chi connectivity index (χ1v) is 8.00. The summed E-state index contributed by atoms with van der Waals surface area (Å²) < 4.78 is 22.8. The lowest BCUT2D eigenvalue weighted by atomic mass is 10.3. The smallest absolute Gasteiger partial charge is 0.393 e. The summed E-state index contributed by atoms with van der Waals surface area (Å²) in [5, 5.41) is 0. The average Bonchev–Trinajstić information content (AvgIpc) is 2.36. The van der Waals surface area contributed by atoms with E-state index in [1.807, 2.05) is 18.2 Å². The van der Waals surface area contributed by atoms with Crippen LogP contribution in [0.1, 0.15) is 26.2 Å². The Kier molecular flexibility index (Phi) is 6.64. The Morgan fingerprint density at radius 3 is 2.53 bits per heavy atom. The van der Waals surface area contributed by atoms with E-state index in [2.05, 4.69) is 6.92 Å². The quantitative estimate of drug-likeness (QED) is 0.393. The van der Waals surface area contributed by atoms with E-state index in [0.717, 1.165) is 19.3 Å². The molecule has 0 saturated carbocycles. The maximum Gasteiger partial charge on any atom is 0.393 e. The third-order valence-corrected chi connectivity index (χ3v) is 4.41. The zero-order valence-corrected chi connectivity index (χ0v) is 11.6. The summed E-state index contributed by atoms with van der Waals surface area (Å²) >= 11 is 5.66. The summed E-state index contributed by atoms with van der Waals surface area (Å²) in [5.41, 5.74) is -0.131. The van der Waals surface area contributed by atoms with Crippen molar-refractivity contribution >= 4 is 19.2 Å². The highest BCUT2D eigenvalue weighted by Gasteiger charge is 2.24.